The number of imidazole rings is 1. The molecule has 0 unspecified atom stereocenters. The molecule has 0 spiro atoms. The molecule has 1 aromatic carbocycles. The Hall–Kier alpha value is -2.66. The Morgan fingerprint density at radius 3 is 2.72 bits per heavy atom. The summed E-state index contributed by atoms with van der Waals surface area (Å²) in [5.41, 5.74) is 5.24. The first-order valence-corrected chi connectivity index (χ1v) is 8.51. The van der Waals surface area contributed by atoms with Crippen molar-refractivity contribution >= 4 is 17.2 Å². The number of nitrogens with zero attached hydrogens (tertiary/aromatic N) is 3. The maximum absolute atomic E-state index is 13.0. The van der Waals surface area contributed by atoms with Crippen molar-refractivity contribution in [2.45, 2.75) is 26.8 Å². The first-order valence-electron chi connectivity index (χ1n) is 8.51. The van der Waals surface area contributed by atoms with Crippen LogP contribution in [0.5, 0.6) is 0 Å². The smallest absolute Gasteiger partial charge is 0.276 e. The van der Waals surface area contributed by atoms with Gasteiger partial charge in [0, 0.05) is 18.4 Å². The van der Waals surface area contributed by atoms with Crippen LogP contribution < -0.4 is 5.32 Å². The van der Waals surface area contributed by atoms with Gasteiger partial charge < -0.3 is 14.6 Å². The van der Waals surface area contributed by atoms with Crippen molar-refractivity contribution in [2.75, 3.05) is 19.4 Å². The van der Waals surface area contributed by atoms with Crippen molar-refractivity contribution in [3.8, 4) is 0 Å². The second kappa shape index (κ2) is 7.07. The van der Waals surface area contributed by atoms with E-state index in [1.54, 1.807) is 0 Å². The van der Waals surface area contributed by atoms with Crippen molar-refractivity contribution in [1.82, 2.24) is 14.3 Å². The number of carbonyl (C=O) groups is 1. The van der Waals surface area contributed by atoms with Gasteiger partial charge in [-0.2, -0.15) is 0 Å². The van der Waals surface area contributed by atoms with E-state index in [0.29, 0.717) is 12.2 Å². The number of hydrogen-bond donors (Lipinski definition) is 1. The summed E-state index contributed by atoms with van der Waals surface area (Å²) in [5, 5.41) is 3.09. The molecule has 25 heavy (non-hydrogen) atoms. The highest BCUT2D eigenvalue weighted by atomic mass is 16.1. The lowest BCUT2D eigenvalue weighted by molar-refractivity contribution is 0.102. The molecule has 0 radical (unpaired) electrons. The van der Waals surface area contributed by atoms with Crippen molar-refractivity contribution in [3.05, 3.63) is 65.1 Å². The van der Waals surface area contributed by atoms with E-state index in [0.717, 1.165) is 34.6 Å². The highest BCUT2D eigenvalue weighted by molar-refractivity contribution is 6.05. The van der Waals surface area contributed by atoms with Crippen LogP contribution in [0.3, 0.4) is 0 Å². The molecule has 0 bridgehead atoms. The molecule has 0 aliphatic heterocycles. The van der Waals surface area contributed by atoms with E-state index < -0.39 is 0 Å². The molecular formula is C20H24N4O. The van der Waals surface area contributed by atoms with Gasteiger partial charge in [0.15, 0.2) is 5.69 Å². The number of rotatable bonds is 5. The molecule has 5 nitrogen and oxygen atoms in total. The predicted octanol–water partition coefficient (Wildman–Crippen LogP) is 3.52. The van der Waals surface area contributed by atoms with E-state index in [4.69, 9.17) is 0 Å². The van der Waals surface area contributed by atoms with Gasteiger partial charge in [0.05, 0.1) is 5.69 Å². The lowest BCUT2D eigenvalue weighted by atomic mass is 10.1. The number of aromatic nitrogens is 2. The lowest BCUT2D eigenvalue weighted by Crippen LogP contribution is -2.20. The average Bonchev–Trinajstić information content (AvgIpc) is 2.95. The van der Waals surface area contributed by atoms with Crippen LogP contribution in [-0.4, -0.2) is 34.3 Å². The van der Waals surface area contributed by atoms with Gasteiger partial charge >= 0.3 is 0 Å². The molecule has 5 heteroatoms. The molecule has 1 N–H and O–H groups in total. The van der Waals surface area contributed by atoms with E-state index in [2.05, 4.69) is 17.2 Å². The van der Waals surface area contributed by atoms with E-state index in [1.165, 1.54) is 0 Å². The summed E-state index contributed by atoms with van der Waals surface area (Å²) in [6.07, 6.45) is 2.82. The van der Waals surface area contributed by atoms with Gasteiger partial charge in [0.1, 0.15) is 5.65 Å². The third kappa shape index (κ3) is 3.42. The molecule has 1 amide bonds. The summed E-state index contributed by atoms with van der Waals surface area (Å²) >= 11 is 0. The number of aryl methyl sites for hydroxylation is 2. The van der Waals surface area contributed by atoms with Gasteiger partial charge in [0.25, 0.3) is 5.91 Å². The van der Waals surface area contributed by atoms with Gasteiger partial charge in [0.2, 0.25) is 0 Å². The Kier molecular flexibility index (Phi) is 4.86. The Morgan fingerprint density at radius 1 is 1.20 bits per heavy atom. The van der Waals surface area contributed by atoms with Crippen molar-refractivity contribution < 1.29 is 4.79 Å². The zero-order valence-corrected chi connectivity index (χ0v) is 15.2. The maximum atomic E-state index is 13.0. The fourth-order valence-corrected chi connectivity index (χ4v) is 3.05. The van der Waals surface area contributed by atoms with Crippen LogP contribution in [0.15, 0.2) is 42.6 Å². The molecule has 0 saturated carbocycles. The number of para-hydroxylation sites is 1. The van der Waals surface area contributed by atoms with Crippen LogP contribution in [-0.2, 0) is 13.0 Å². The number of pyridine rings is 1. The van der Waals surface area contributed by atoms with Gasteiger partial charge in [-0.05, 0) is 50.7 Å². The number of fused-ring (bicyclic) bond motifs is 1. The molecule has 2 aromatic heterocycles. The van der Waals surface area contributed by atoms with Crippen LogP contribution in [0.2, 0.25) is 0 Å². The monoisotopic (exact) mass is 336 g/mol. The molecule has 0 aliphatic rings. The van der Waals surface area contributed by atoms with E-state index >= 15 is 0 Å². The molecule has 2 heterocycles. The summed E-state index contributed by atoms with van der Waals surface area (Å²) in [6, 6.07) is 11.9. The van der Waals surface area contributed by atoms with Crippen LogP contribution in [0.25, 0.3) is 5.65 Å². The number of nitrogens with one attached hydrogen (secondary N) is 1. The molecule has 0 saturated heterocycles. The zero-order chi connectivity index (χ0) is 18.0. The maximum Gasteiger partial charge on any atom is 0.276 e. The SMILES string of the molecule is CCc1cccc(C)c1NC(=O)c1nc2ccccn2c1CN(C)C. The number of anilines is 1. The van der Waals surface area contributed by atoms with Crippen molar-refractivity contribution in [1.29, 1.82) is 0 Å². The molecule has 3 aromatic rings. The first-order chi connectivity index (χ1) is 12.0. The molecule has 0 aliphatic carbocycles. The fraction of sp³-hybridized carbons (Fsp3) is 0.300. The summed E-state index contributed by atoms with van der Waals surface area (Å²) in [4.78, 5) is 19.6. The Labute approximate surface area is 148 Å². The van der Waals surface area contributed by atoms with Gasteiger partial charge in [-0.1, -0.05) is 31.2 Å². The topological polar surface area (TPSA) is 49.6 Å². The number of amides is 1. The van der Waals surface area contributed by atoms with Crippen LogP contribution in [0.4, 0.5) is 5.69 Å². The summed E-state index contributed by atoms with van der Waals surface area (Å²) < 4.78 is 1.98. The average molecular weight is 336 g/mol. The molecule has 130 valence electrons. The minimum absolute atomic E-state index is 0.162. The van der Waals surface area contributed by atoms with Gasteiger partial charge in [-0.3, -0.25) is 4.79 Å². The zero-order valence-electron chi connectivity index (χ0n) is 15.2. The van der Waals surface area contributed by atoms with E-state index in [-0.39, 0.29) is 5.91 Å². The molecule has 0 fully saturated rings. The van der Waals surface area contributed by atoms with Crippen molar-refractivity contribution in [2.24, 2.45) is 0 Å². The first kappa shape index (κ1) is 17.2. The molecule has 0 atom stereocenters. The largest absolute Gasteiger partial charge is 0.320 e. The van der Waals surface area contributed by atoms with Crippen LogP contribution in [0, 0.1) is 6.92 Å². The highest BCUT2D eigenvalue weighted by Crippen LogP contribution is 2.23. The molecule has 3 rings (SSSR count). The van der Waals surface area contributed by atoms with Gasteiger partial charge in [-0.25, -0.2) is 4.98 Å². The highest BCUT2D eigenvalue weighted by Gasteiger charge is 2.20. The standard InChI is InChI=1S/C20H24N4O/c1-5-15-10-8-9-14(2)18(15)22-20(25)19-16(13-23(3)4)24-12-7-6-11-17(24)21-19/h6-12H,5,13H2,1-4H3,(H,22,25). The number of benzene rings is 1. The lowest BCUT2D eigenvalue weighted by Gasteiger charge is -2.14. The van der Waals surface area contributed by atoms with Crippen LogP contribution >= 0.6 is 0 Å². The fourth-order valence-electron chi connectivity index (χ4n) is 3.05. The summed E-state index contributed by atoms with van der Waals surface area (Å²) in [6.45, 7) is 4.74. The quantitative estimate of drug-likeness (QED) is 0.775. The molecular weight excluding hydrogens is 312 g/mol. The predicted molar refractivity (Wildman–Crippen MR) is 101 cm³/mol. The van der Waals surface area contributed by atoms with E-state index in [9.17, 15) is 4.79 Å². The third-order valence-corrected chi connectivity index (χ3v) is 4.29. The minimum atomic E-state index is -0.162. The second-order valence-corrected chi connectivity index (χ2v) is 6.49. The third-order valence-electron chi connectivity index (χ3n) is 4.29. The Bertz CT molecular complexity index is 911. The number of carbonyl (C=O) groups excluding carboxylic acids is 1. The summed E-state index contributed by atoms with van der Waals surface area (Å²) in [5.74, 6) is -0.162. The van der Waals surface area contributed by atoms with Crippen LogP contribution in [0.1, 0.15) is 34.2 Å². The number of hydrogen-bond acceptors (Lipinski definition) is 3. The second-order valence-electron chi connectivity index (χ2n) is 6.49. The normalized spacial score (nSPS) is 11.2. The van der Waals surface area contributed by atoms with Crippen molar-refractivity contribution in [3.63, 3.8) is 0 Å². The van der Waals surface area contributed by atoms with Gasteiger partial charge in [-0.15, -0.1) is 0 Å². The minimum Gasteiger partial charge on any atom is -0.320 e. The van der Waals surface area contributed by atoms with E-state index in [1.807, 2.05) is 72.9 Å². The Morgan fingerprint density at radius 2 is 2.00 bits per heavy atom. The summed E-state index contributed by atoms with van der Waals surface area (Å²) in [7, 11) is 3.97. The Balaban J connectivity index is 2.03.